The second-order valence-electron chi connectivity index (χ2n) is 3.38. The molecule has 5 atom stereocenters. The summed E-state index contributed by atoms with van der Waals surface area (Å²) in [6.07, 6.45) is -3.82. The van der Waals surface area contributed by atoms with Crippen LogP contribution in [0.25, 0.3) is 0 Å². The van der Waals surface area contributed by atoms with E-state index in [9.17, 15) is 10.2 Å². The van der Waals surface area contributed by atoms with E-state index in [0.717, 1.165) is 0 Å². The Balaban J connectivity index is 2.07. The lowest BCUT2D eigenvalue weighted by molar-refractivity contribution is -0.334. The third-order valence-corrected chi connectivity index (χ3v) is 2.50. The number of hydrogen-bond donors (Lipinski definition) is 2. The summed E-state index contributed by atoms with van der Waals surface area (Å²) in [5, 5.41) is 19.2. The van der Waals surface area contributed by atoms with Gasteiger partial charge in [-0.2, -0.15) is 0 Å². The minimum atomic E-state index is -1.08. The molecule has 2 saturated heterocycles. The number of methoxy groups -OCH3 is 1. The average molecular weight is 206 g/mol. The third kappa shape index (κ3) is 1.65. The number of hydrogen-bond acceptors (Lipinski definition) is 6. The largest absolute Gasteiger partial charge is 0.387 e. The zero-order chi connectivity index (χ0) is 10.1. The lowest BCUT2D eigenvalue weighted by atomic mass is 9.99. The van der Waals surface area contributed by atoms with Crippen molar-refractivity contribution in [1.82, 2.24) is 0 Å². The van der Waals surface area contributed by atoms with E-state index in [-0.39, 0.29) is 12.9 Å². The normalized spacial score (nSPS) is 48.6. The van der Waals surface area contributed by atoms with Gasteiger partial charge in [-0.3, -0.25) is 0 Å². The van der Waals surface area contributed by atoms with Gasteiger partial charge in [-0.05, 0) is 0 Å². The molecule has 0 aromatic rings. The van der Waals surface area contributed by atoms with Crippen LogP contribution in [0.15, 0.2) is 0 Å². The van der Waals surface area contributed by atoms with Crippen LogP contribution in [0.1, 0.15) is 0 Å². The zero-order valence-electron chi connectivity index (χ0n) is 7.83. The van der Waals surface area contributed by atoms with E-state index in [2.05, 4.69) is 0 Å². The average Bonchev–Trinajstić information content (AvgIpc) is 2.23. The SMILES string of the molecule is CO[C@H]1O[C@@H]2COCO[C@H]2[C@H](O)[C@@H]1O. The summed E-state index contributed by atoms with van der Waals surface area (Å²) in [5.41, 5.74) is 0. The Labute approximate surface area is 81.3 Å². The number of aliphatic hydroxyl groups is 2. The van der Waals surface area contributed by atoms with Crippen molar-refractivity contribution in [1.29, 1.82) is 0 Å². The van der Waals surface area contributed by atoms with E-state index in [1.54, 1.807) is 0 Å². The molecule has 0 radical (unpaired) electrons. The molecule has 2 aliphatic heterocycles. The number of ether oxygens (including phenoxy) is 4. The van der Waals surface area contributed by atoms with Crippen molar-refractivity contribution >= 4 is 0 Å². The first-order valence-corrected chi connectivity index (χ1v) is 4.48. The summed E-state index contributed by atoms with van der Waals surface area (Å²) in [6.45, 7) is 0.459. The summed E-state index contributed by atoms with van der Waals surface area (Å²) in [4.78, 5) is 0. The second-order valence-corrected chi connectivity index (χ2v) is 3.38. The van der Waals surface area contributed by atoms with Crippen molar-refractivity contribution in [2.45, 2.75) is 30.7 Å². The van der Waals surface area contributed by atoms with Crippen LogP contribution in [-0.4, -0.2) is 61.4 Å². The highest BCUT2D eigenvalue weighted by molar-refractivity contribution is 4.91. The lowest BCUT2D eigenvalue weighted by Crippen LogP contribution is -2.61. The lowest BCUT2D eigenvalue weighted by Gasteiger charge is -2.43. The monoisotopic (exact) mass is 206 g/mol. The molecule has 0 amide bonds. The Morgan fingerprint density at radius 1 is 1.29 bits per heavy atom. The van der Waals surface area contributed by atoms with Crippen LogP contribution in [-0.2, 0) is 18.9 Å². The van der Waals surface area contributed by atoms with E-state index >= 15 is 0 Å². The van der Waals surface area contributed by atoms with E-state index in [0.29, 0.717) is 6.61 Å². The van der Waals surface area contributed by atoms with Crippen LogP contribution >= 0.6 is 0 Å². The van der Waals surface area contributed by atoms with Gasteiger partial charge in [0, 0.05) is 7.11 Å². The van der Waals surface area contributed by atoms with Gasteiger partial charge in [-0.15, -0.1) is 0 Å². The Morgan fingerprint density at radius 2 is 2.07 bits per heavy atom. The van der Waals surface area contributed by atoms with Crippen molar-refractivity contribution in [3.8, 4) is 0 Å². The van der Waals surface area contributed by atoms with Gasteiger partial charge in [0.25, 0.3) is 0 Å². The molecule has 6 nitrogen and oxygen atoms in total. The Bertz CT molecular complexity index is 196. The third-order valence-electron chi connectivity index (χ3n) is 2.50. The maximum atomic E-state index is 9.68. The molecule has 2 rings (SSSR count). The van der Waals surface area contributed by atoms with Crippen LogP contribution < -0.4 is 0 Å². The molecule has 2 fully saturated rings. The van der Waals surface area contributed by atoms with Gasteiger partial charge in [0.15, 0.2) is 6.29 Å². The van der Waals surface area contributed by atoms with Crippen molar-refractivity contribution in [3.05, 3.63) is 0 Å². The van der Waals surface area contributed by atoms with Crippen molar-refractivity contribution in [2.24, 2.45) is 0 Å². The number of rotatable bonds is 1. The van der Waals surface area contributed by atoms with Crippen molar-refractivity contribution in [3.63, 3.8) is 0 Å². The molecular formula is C8H14O6. The van der Waals surface area contributed by atoms with Gasteiger partial charge < -0.3 is 29.2 Å². The molecular weight excluding hydrogens is 192 g/mol. The predicted octanol–water partition coefficient (Wildman–Crippen LogP) is -1.55. The molecule has 0 aromatic heterocycles. The summed E-state index contributed by atoms with van der Waals surface area (Å²) in [5.74, 6) is 0. The first-order valence-electron chi connectivity index (χ1n) is 4.48. The van der Waals surface area contributed by atoms with E-state index in [4.69, 9.17) is 18.9 Å². The Kier molecular flexibility index (Phi) is 3.01. The van der Waals surface area contributed by atoms with Gasteiger partial charge in [0.2, 0.25) is 0 Å². The van der Waals surface area contributed by atoms with Crippen LogP contribution in [0.2, 0.25) is 0 Å². The summed E-state index contributed by atoms with van der Waals surface area (Å²) in [7, 11) is 1.41. The molecule has 0 bridgehead atoms. The second kappa shape index (κ2) is 4.09. The smallest absolute Gasteiger partial charge is 0.186 e. The van der Waals surface area contributed by atoms with E-state index in [1.807, 2.05) is 0 Å². The van der Waals surface area contributed by atoms with Gasteiger partial charge in [0.1, 0.15) is 31.2 Å². The molecule has 0 saturated carbocycles. The topological polar surface area (TPSA) is 77.4 Å². The first-order chi connectivity index (χ1) is 6.74. The minimum Gasteiger partial charge on any atom is -0.387 e. The highest BCUT2D eigenvalue weighted by atomic mass is 16.7. The number of aliphatic hydroxyl groups excluding tert-OH is 2. The maximum absolute atomic E-state index is 9.68. The van der Waals surface area contributed by atoms with Gasteiger partial charge in [-0.1, -0.05) is 0 Å². The fourth-order valence-corrected chi connectivity index (χ4v) is 1.73. The quantitative estimate of drug-likeness (QED) is 0.541. The van der Waals surface area contributed by atoms with Crippen molar-refractivity contribution < 1.29 is 29.2 Å². The fourth-order valence-electron chi connectivity index (χ4n) is 1.73. The first kappa shape index (κ1) is 10.3. The number of fused-ring (bicyclic) bond motifs is 1. The summed E-state index contributed by atoms with van der Waals surface area (Å²) >= 11 is 0. The highest BCUT2D eigenvalue weighted by Crippen LogP contribution is 2.26. The molecule has 2 N–H and O–H groups in total. The summed E-state index contributed by atoms with van der Waals surface area (Å²) in [6, 6.07) is 0. The fraction of sp³-hybridized carbons (Fsp3) is 1.00. The Hall–Kier alpha value is -0.240. The maximum Gasteiger partial charge on any atom is 0.186 e. The molecule has 14 heavy (non-hydrogen) atoms. The molecule has 6 heteroatoms. The predicted molar refractivity (Wildman–Crippen MR) is 43.4 cm³/mol. The van der Waals surface area contributed by atoms with E-state index in [1.165, 1.54) is 7.11 Å². The van der Waals surface area contributed by atoms with Gasteiger partial charge >= 0.3 is 0 Å². The van der Waals surface area contributed by atoms with Crippen molar-refractivity contribution in [2.75, 3.05) is 20.5 Å². The molecule has 0 unspecified atom stereocenters. The van der Waals surface area contributed by atoms with Gasteiger partial charge in [-0.25, -0.2) is 0 Å². The van der Waals surface area contributed by atoms with Gasteiger partial charge in [0.05, 0.1) is 6.61 Å². The zero-order valence-corrected chi connectivity index (χ0v) is 7.83. The summed E-state index contributed by atoms with van der Waals surface area (Å²) < 4.78 is 20.4. The van der Waals surface area contributed by atoms with E-state index < -0.39 is 24.6 Å². The standard InChI is InChI=1S/C8H14O6/c1-11-8-6(10)5(9)7-4(14-8)2-12-3-13-7/h4-10H,2-3H2,1H3/t4-,5-,6+,7-,8+/m1/s1. The Morgan fingerprint density at radius 3 is 2.79 bits per heavy atom. The molecule has 0 aliphatic carbocycles. The molecule has 2 heterocycles. The molecule has 0 spiro atoms. The highest BCUT2D eigenvalue weighted by Gasteiger charge is 2.46. The van der Waals surface area contributed by atoms with Crippen LogP contribution in [0, 0.1) is 0 Å². The molecule has 82 valence electrons. The molecule has 0 aromatic carbocycles. The van der Waals surface area contributed by atoms with Crippen LogP contribution in [0.5, 0.6) is 0 Å². The van der Waals surface area contributed by atoms with Crippen LogP contribution in [0.4, 0.5) is 0 Å². The molecule has 2 aliphatic rings. The minimum absolute atomic E-state index is 0.117. The van der Waals surface area contributed by atoms with Crippen LogP contribution in [0.3, 0.4) is 0 Å².